The lowest BCUT2D eigenvalue weighted by Crippen LogP contribution is -2.15. The van der Waals surface area contributed by atoms with E-state index in [1.165, 1.54) is 19.3 Å². The zero-order chi connectivity index (χ0) is 10.4. The molecule has 0 aromatic carbocycles. The fourth-order valence-electron chi connectivity index (χ4n) is 3.40. The average Bonchev–Trinajstić information content (AvgIpc) is 2.60. The molecular formula is C12H18N2O. The number of hydrogen-bond acceptors (Lipinski definition) is 2. The van der Waals surface area contributed by atoms with Crippen molar-refractivity contribution in [1.29, 1.82) is 0 Å². The first-order valence-corrected chi connectivity index (χ1v) is 5.91. The minimum absolute atomic E-state index is 0.135. The van der Waals surface area contributed by atoms with Crippen molar-refractivity contribution < 1.29 is 5.11 Å². The van der Waals surface area contributed by atoms with E-state index in [0.29, 0.717) is 5.92 Å². The molecule has 0 spiro atoms. The van der Waals surface area contributed by atoms with Gasteiger partial charge in [0.15, 0.2) is 0 Å². The molecule has 3 nitrogen and oxygen atoms in total. The van der Waals surface area contributed by atoms with E-state index in [1.807, 2.05) is 19.4 Å². The standard InChI is InChI=1S/C12H18N2O/c1-14-7-8(6-13-14)5-11(15)12-9-3-2-4-10(9)12/h6-7,9-12,15H,2-5H2,1H3. The highest BCUT2D eigenvalue weighted by atomic mass is 16.3. The van der Waals surface area contributed by atoms with Crippen LogP contribution in [0.5, 0.6) is 0 Å². The van der Waals surface area contributed by atoms with Gasteiger partial charge in [-0.1, -0.05) is 6.42 Å². The Morgan fingerprint density at radius 2 is 2.27 bits per heavy atom. The molecular weight excluding hydrogens is 188 g/mol. The van der Waals surface area contributed by atoms with Crippen LogP contribution in [-0.4, -0.2) is 21.0 Å². The molecule has 1 aromatic heterocycles. The Morgan fingerprint density at radius 3 is 2.87 bits per heavy atom. The van der Waals surface area contributed by atoms with Gasteiger partial charge in [-0.25, -0.2) is 0 Å². The van der Waals surface area contributed by atoms with Crippen LogP contribution in [0.2, 0.25) is 0 Å². The van der Waals surface area contributed by atoms with Crippen LogP contribution in [0.25, 0.3) is 0 Å². The largest absolute Gasteiger partial charge is 0.392 e. The smallest absolute Gasteiger partial charge is 0.0615 e. The second kappa shape index (κ2) is 3.34. The number of aliphatic hydroxyl groups excluding tert-OH is 1. The van der Waals surface area contributed by atoms with Crippen molar-refractivity contribution in [2.45, 2.75) is 31.8 Å². The van der Waals surface area contributed by atoms with E-state index in [4.69, 9.17) is 0 Å². The summed E-state index contributed by atoms with van der Waals surface area (Å²) >= 11 is 0. The van der Waals surface area contributed by atoms with Crippen molar-refractivity contribution in [2.24, 2.45) is 24.8 Å². The number of aromatic nitrogens is 2. The van der Waals surface area contributed by atoms with Gasteiger partial charge in [-0.05, 0) is 36.2 Å². The van der Waals surface area contributed by atoms with Crippen LogP contribution in [-0.2, 0) is 13.5 Å². The zero-order valence-corrected chi connectivity index (χ0v) is 9.13. The van der Waals surface area contributed by atoms with E-state index in [2.05, 4.69) is 5.10 Å². The van der Waals surface area contributed by atoms with Crippen molar-refractivity contribution in [3.63, 3.8) is 0 Å². The van der Waals surface area contributed by atoms with E-state index in [1.54, 1.807) is 4.68 Å². The quantitative estimate of drug-likeness (QED) is 0.811. The molecule has 15 heavy (non-hydrogen) atoms. The zero-order valence-electron chi connectivity index (χ0n) is 9.13. The minimum atomic E-state index is -0.135. The van der Waals surface area contributed by atoms with Crippen LogP contribution in [0.3, 0.4) is 0 Å². The topological polar surface area (TPSA) is 38.0 Å². The molecule has 2 saturated carbocycles. The number of nitrogens with zero attached hydrogens (tertiary/aromatic N) is 2. The second-order valence-electron chi connectivity index (χ2n) is 5.13. The van der Waals surface area contributed by atoms with Gasteiger partial charge in [-0.2, -0.15) is 5.10 Å². The first-order valence-electron chi connectivity index (χ1n) is 5.91. The van der Waals surface area contributed by atoms with Gasteiger partial charge in [0.25, 0.3) is 0 Å². The number of hydrogen-bond donors (Lipinski definition) is 1. The van der Waals surface area contributed by atoms with Crippen molar-refractivity contribution in [2.75, 3.05) is 0 Å². The molecule has 1 N–H and O–H groups in total. The number of fused-ring (bicyclic) bond motifs is 1. The molecule has 0 radical (unpaired) electrons. The summed E-state index contributed by atoms with van der Waals surface area (Å²) < 4.78 is 1.80. The van der Waals surface area contributed by atoms with Crippen LogP contribution < -0.4 is 0 Å². The van der Waals surface area contributed by atoms with Crippen molar-refractivity contribution >= 4 is 0 Å². The molecule has 82 valence electrons. The van der Waals surface area contributed by atoms with Gasteiger partial charge >= 0.3 is 0 Å². The molecule has 3 rings (SSSR count). The summed E-state index contributed by atoms with van der Waals surface area (Å²) in [5.74, 6) is 2.28. The maximum absolute atomic E-state index is 10.1. The summed E-state index contributed by atoms with van der Waals surface area (Å²) in [6.45, 7) is 0. The summed E-state index contributed by atoms with van der Waals surface area (Å²) in [7, 11) is 1.92. The number of rotatable bonds is 3. The van der Waals surface area contributed by atoms with Crippen LogP contribution in [0.1, 0.15) is 24.8 Å². The summed E-state index contributed by atoms with van der Waals surface area (Å²) in [5.41, 5.74) is 1.16. The SMILES string of the molecule is Cn1cc(CC(O)C2C3CCCC32)cn1. The summed E-state index contributed by atoms with van der Waals surface area (Å²) in [5, 5.41) is 14.2. The summed E-state index contributed by atoms with van der Waals surface area (Å²) in [6, 6.07) is 0. The molecule has 3 heteroatoms. The molecule has 0 amide bonds. The maximum atomic E-state index is 10.1. The van der Waals surface area contributed by atoms with E-state index in [0.717, 1.165) is 23.8 Å². The normalized spacial score (nSPS) is 35.2. The Kier molecular flexibility index (Phi) is 2.09. The first-order chi connectivity index (χ1) is 7.25. The van der Waals surface area contributed by atoms with Gasteiger partial charge in [0.05, 0.1) is 12.3 Å². The molecule has 0 aliphatic heterocycles. The fourth-order valence-corrected chi connectivity index (χ4v) is 3.40. The fraction of sp³-hybridized carbons (Fsp3) is 0.750. The van der Waals surface area contributed by atoms with E-state index in [-0.39, 0.29) is 6.10 Å². The van der Waals surface area contributed by atoms with Gasteiger partial charge in [0, 0.05) is 19.7 Å². The summed E-state index contributed by atoms with van der Waals surface area (Å²) in [4.78, 5) is 0. The lowest BCUT2D eigenvalue weighted by Gasteiger charge is -2.10. The lowest BCUT2D eigenvalue weighted by atomic mass is 10.0. The first kappa shape index (κ1) is 9.40. The Labute approximate surface area is 90.1 Å². The Bertz CT molecular complexity index is 350. The van der Waals surface area contributed by atoms with Crippen LogP contribution >= 0.6 is 0 Å². The Balaban J connectivity index is 1.60. The highest BCUT2D eigenvalue weighted by Gasteiger charge is 2.55. The van der Waals surface area contributed by atoms with Gasteiger partial charge in [-0.15, -0.1) is 0 Å². The third kappa shape index (κ3) is 1.59. The van der Waals surface area contributed by atoms with Crippen LogP contribution in [0, 0.1) is 17.8 Å². The van der Waals surface area contributed by atoms with Crippen LogP contribution in [0.15, 0.2) is 12.4 Å². The molecule has 3 atom stereocenters. The monoisotopic (exact) mass is 206 g/mol. The Hall–Kier alpha value is -0.830. The van der Waals surface area contributed by atoms with E-state index < -0.39 is 0 Å². The lowest BCUT2D eigenvalue weighted by molar-refractivity contribution is 0.135. The Morgan fingerprint density at radius 1 is 1.53 bits per heavy atom. The van der Waals surface area contributed by atoms with Crippen molar-refractivity contribution in [3.8, 4) is 0 Å². The highest BCUT2D eigenvalue weighted by Crippen LogP contribution is 2.59. The average molecular weight is 206 g/mol. The number of aliphatic hydroxyl groups is 1. The van der Waals surface area contributed by atoms with Gasteiger partial charge < -0.3 is 5.11 Å². The predicted molar refractivity (Wildman–Crippen MR) is 57.2 cm³/mol. The van der Waals surface area contributed by atoms with Crippen LogP contribution in [0.4, 0.5) is 0 Å². The third-order valence-corrected chi connectivity index (χ3v) is 4.12. The molecule has 1 aromatic rings. The molecule has 2 aliphatic rings. The van der Waals surface area contributed by atoms with Gasteiger partial charge in [0.2, 0.25) is 0 Å². The molecule has 2 fully saturated rings. The van der Waals surface area contributed by atoms with Crippen molar-refractivity contribution in [3.05, 3.63) is 18.0 Å². The highest BCUT2D eigenvalue weighted by molar-refractivity contribution is 5.10. The number of aryl methyl sites for hydroxylation is 1. The maximum Gasteiger partial charge on any atom is 0.0615 e. The second-order valence-corrected chi connectivity index (χ2v) is 5.13. The molecule has 2 aliphatic carbocycles. The summed E-state index contributed by atoms with van der Waals surface area (Å²) in [6.07, 6.45) is 8.59. The van der Waals surface area contributed by atoms with Gasteiger partial charge in [0.1, 0.15) is 0 Å². The minimum Gasteiger partial charge on any atom is -0.392 e. The molecule has 0 saturated heterocycles. The van der Waals surface area contributed by atoms with Crippen molar-refractivity contribution in [1.82, 2.24) is 9.78 Å². The van der Waals surface area contributed by atoms with E-state index in [9.17, 15) is 5.11 Å². The van der Waals surface area contributed by atoms with E-state index >= 15 is 0 Å². The molecule has 1 heterocycles. The van der Waals surface area contributed by atoms with Gasteiger partial charge in [-0.3, -0.25) is 4.68 Å². The molecule has 0 bridgehead atoms. The molecule has 3 unspecified atom stereocenters. The third-order valence-electron chi connectivity index (χ3n) is 4.12. The predicted octanol–water partition coefficient (Wildman–Crippen LogP) is 1.37.